The van der Waals surface area contributed by atoms with E-state index in [1.807, 2.05) is 0 Å². The van der Waals surface area contributed by atoms with E-state index >= 15 is 0 Å². The maximum Gasteiger partial charge on any atom is 0.309 e. The van der Waals surface area contributed by atoms with Gasteiger partial charge in [-0.15, -0.1) is 0 Å². The first kappa shape index (κ1) is 21.2. The fourth-order valence-electron chi connectivity index (χ4n) is 4.02. The second-order valence-electron chi connectivity index (χ2n) is 7.54. The third-order valence-corrected chi connectivity index (χ3v) is 5.72. The molecule has 0 aromatic heterocycles. The summed E-state index contributed by atoms with van der Waals surface area (Å²) in [5.41, 5.74) is -0.155. The highest BCUT2D eigenvalue weighted by atomic mass is 19.1. The molecule has 2 aliphatic rings. The predicted octanol–water partition coefficient (Wildman–Crippen LogP) is 2.62. The summed E-state index contributed by atoms with van der Waals surface area (Å²) in [6, 6.07) is 2.91. The number of halogens is 2. The van der Waals surface area contributed by atoms with Gasteiger partial charge in [-0.25, -0.2) is 8.78 Å². The molecular formula is C21H26F2N2O4. The minimum atomic E-state index is -0.877. The van der Waals surface area contributed by atoms with Crippen molar-refractivity contribution >= 4 is 17.8 Å². The zero-order valence-electron chi connectivity index (χ0n) is 16.5. The van der Waals surface area contributed by atoms with Gasteiger partial charge >= 0.3 is 5.97 Å². The van der Waals surface area contributed by atoms with Gasteiger partial charge in [0.1, 0.15) is 11.6 Å². The largest absolute Gasteiger partial charge is 0.466 e. The van der Waals surface area contributed by atoms with Crippen LogP contribution in [0.1, 0.15) is 43.0 Å². The molecule has 2 amide bonds. The van der Waals surface area contributed by atoms with E-state index < -0.39 is 17.5 Å². The van der Waals surface area contributed by atoms with Gasteiger partial charge in [0, 0.05) is 38.2 Å². The zero-order chi connectivity index (χ0) is 21.0. The Balaban J connectivity index is 1.50. The van der Waals surface area contributed by atoms with Crippen LogP contribution in [0.3, 0.4) is 0 Å². The topological polar surface area (TPSA) is 66.9 Å². The smallest absolute Gasteiger partial charge is 0.309 e. The third kappa shape index (κ3) is 4.92. The number of piperidine rings is 2. The molecule has 2 heterocycles. The van der Waals surface area contributed by atoms with Crippen molar-refractivity contribution < 1.29 is 27.9 Å². The van der Waals surface area contributed by atoms with Crippen LogP contribution < -0.4 is 0 Å². The van der Waals surface area contributed by atoms with Crippen molar-refractivity contribution in [3.63, 3.8) is 0 Å². The highest BCUT2D eigenvalue weighted by molar-refractivity contribution is 5.94. The molecular weight excluding hydrogens is 382 g/mol. The van der Waals surface area contributed by atoms with Crippen molar-refractivity contribution in [2.75, 3.05) is 32.8 Å². The molecule has 0 spiro atoms. The van der Waals surface area contributed by atoms with Crippen LogP contribution in [0.2, 0.25) is 0 Å². The van der Waals surface area contributed by atoms with E-state index in [4.69, 9.17) is 4.74 Å². The summed E-state index contributed by atoms with van der Waals surface area (Å²) in [6.07, 6.45) is 2.22. The van der Waals surface area contributed by atoms with E-state index in [0.29, 0.717) is 64.5 Å². The molecule has 29 heavy (non-hydrogen) atoms. The summed E-state index contributed by atoms with van der Waals surface area (Å²) in [7, 11) is 0. The highest BCUT2D eigenvalue weighted by Gasteiger charge is 2.34. The second-order valence-corrected chi connectivity index (χ2v) is 7.54. The highest BCUT2D eigenvalue weighted by Crippen LogP contribution is 2.25. The van der Waals surface area contributed by atoms with Crippen molar-refractivity contribution in [2.45, 2.75) is 32.6 Å². The quantitative estimate of drug-likeness (QED) is 0.719. The summed E-state index contributed by atoms with van der Waals surface area (Å²) in [4.78, 5) is 40.4. The minimum Gasteiger partial charge on any atom is -0.466 e. The number of carbonyl (C=O) groups excluding carboxylic acids is 3. The van der Waals surface area contributed by atoms with Crippen LogP contribution in [0.15, 0.2) is 18.2 Å². The molecule has 3 rings (SSSR count). The lowest BCUT2D eigenvalue weighted by Crippen LogP contribution is -2.47. The van der Waals surface area contributed by atoms with Crippen LogP contribution in [0.4, 0.5) is 8.78 Å². The Morgan fingerprint density at radius 2 is 1.55 bits per heavy atom. The van der Waals surface area contributed by atoms with Crippen LogP contribution >= 0.6 is 0 Å². The Morgan fingerprint density at radius 1 is 0.966 bits per heavy atom. The van der Waals surface area contributed by atoms with Gasteiger partial charge in [-0.05, 0) is 44.7 Å². The summed E-state index contributed by atoms with van der Waals surface area (Å²) in [6.45, 7) is 3.90. The number of nitrogens with zero attached hydrogens (tertiary/aromatic N) is 2. The van der Waals surface area contributed by atoms with Crippen LogP contribution in [0, 0.1) is 23.5 Å². The summed E-state index contributed by atoms with van der Waals surface area (Å²) in [5.74, 6) is -2.57. The van der Waals surface area contributed by atoms with Crippen LogP contribution in [-0.2, 0) is 14.3 Å². The molecule has 0 atom stereocenters. The summed E-state index contributed by atoms with van der Waals surface area (Å²) >= 11 is 0. The maximum absolute atomic E-state index is 13.9. The molecule has 8 heteroatoms. The van der Waals surface area contributed by atoms with Crippen molar-refractivity contribution in [3.05, 3.63) is 35.4 Å². The SMILES string of the molecule is CCOC(=O)C1CCN(C(=O)C2CCN(C(=O)c3ccc(F)cc3F)CC2)CC1. The molecule has 0 radical (unpaired) electrons. The van der Waals surface area contributed by atoms with Gasteiger partial charge in [0.15, 0.2) is 0 Å². The molecule has 0 unspecified atom stereocenters. The number of hydrogen-bond donors (Lipinski definition) is 0. The van der Waals surface area contributed by atoms with Gasteiger partial charge in [-0.1, -0.05) is 0 Å². The van der Waals surface area contributed by atoms with Crippen LogP contribution in [0.5, 0.6) is 0 Å². The monoisotopic (exact) mass is 408 g/mol. The van der Waals surface area contributed by atoms with Crippen molar-refractivity contribution in [1.29, 1.82) is 0 Å². The lowest BCUT2D eigenvalue weighted by atomic mass is 9.92. The van der Waals surface area contributed by atoms with E-state index in [1.54, 1.807) is 11.8 Å². The predicted molar refractivity (Wildman–Crippen MR) is 101 cm³/mol. The molecule has 0 aliphatic carbocycles. The average Bonchev–Trinajstić information content (AvgIpc) is 2.73. The maximum atomic E-state index is 13.9. The molecule has 0 saturated carbocycles. The molecule has 1 aromatic rings. The van der Waals surface area contributed by atoms with E-state index in [2.05, 4.69) is 0 Å². The molecule has 2 saturated heterocycles. The zero-order valence-corrected chi connectivity index (χ0v) is 16.5. The minimum absolute atomic E-state index is 0.0485. The number of carbonyl (C=O) groups is 3. The molecule has 0 N–H and O–H groups in total. The van der Waals surface area contributed by atoms with E-state index in [9.17, 15) is 23.2 Å². The van der Waals surface area contributed by atoms with Gasteiger partial charge < -0.3 is 14.5 Å². The Hall–Kier alpha value is -2.51. The Morgan fingerprint density at radius 3 is 2.14 bits per heavy atom. The lowest BCUT2D eigenvalue weighted by Gasteiger charge is -2.37. The van der Waals surface area contributed by atoms with Gasteiger partial charge in [0.2, 0.25) is 5.91 Å². The number of hydrogen-bond acceptors (Lipinski definition) is 4. The van der Waals surface area contributed by atoms with Crippen molar-refractivity contribution in [2.24, 2.45) is 11.8 Å². The Bertz CT molecular complexity index is 770. The third-order valence-electron chi connectivity index (χ3n) is 5.72. The summed E-state index contributed by atoms with van der Waals surface area (Å²) < 4.78 is 32.0. The average molecular weight is 408 g/mol. The lowest BCUT2D eigenvalue weighted by molar-refractivity contribution is -0.152. The van der Waals surface area contributed by atoms with Crippen molar-refractivity contribution in [3.8, 4) is 0 Å². The van der Waals surface area contributed by atoms with Crippen LogP contribution in [-0.4, -0.2) is 60.4 Å². The number of esters is 1. The van der Waals surface area contributed by atoms with Gasteiger partial charge in [-0.2, -0.15) is 0 Å². The first-order valence-corrected chi connectivity index (χ1v) is 10.1. The number of likely N-dealkylation sites (tertiary alicyclic amines) is 2. The number of ether oxygens (including phenoxy) is 1. The molecule has 158 valence electrons. The fraction of sp³-hybridized carbons (Fsp3) is 0.571. The van der Waals surface area contributed by atoms with E-state index in [-0.39, 0.29) is 29.3 Å². The molecule has 0 bridgehead atoms. The molecule has 2 fully saturated rings. The van der Waals surface area contributed by atoms with Gasteiger partial charge in [0.05, 0.1) is 18.1 Å². The number of benzene rings is 1. The standard InChI is InChI=1S/C21H26F2N2O4/c1-2-29-21(28)15-7-11-24(12-8-15)19(26)14-5-9-25(10-6-14)20(27)17-4-3-16(22)13-18(17)23/h3-4,13-15H,2,5-12H2,1H3. The van der Waals surface area contributed by atoms with Gasteiger partial charge in [0.25, 0.3) is 5.91 Å². The number of rotatable bonds is 4. The summed E-state index contributed by atoms with van der Waals surface area (Å²) in [5, 5.41) is 0. The molecule has 2 aliphatic heterocycles. The fourth-order valence-corrected chi connectivity index (χ4v) is 4.02. The molecule has 1 aromatic carbocycles. The molecule has 6 nitrogen and oxygen atoms in total. The van der Waals surface area contributed by atoms with Gasteiger partial charge in [-0.3, -0.25) is 14.4 Å². The first-order valence-electron chi connectivity index (χ1n) is 10.1. The van der Waals surface area contributed by atoms with E-state index in [0.717, 1.165) is 12.1 Å². The Kier molecular flexibility index (Phi) is 6.82. The van der Waals surface area contributed by atoms with Crippen LogP contribution in [0.25, 0.3) is 0 Å². The normalized spacial score (nSPS) is 18.6. The Labute approximate surface area is 168 Å². The van der Waals surface area contributed by atoms with E-state index in [1.165, 1.54) is 4.90 Å². The van der Waals surface area contributed by atoms with Crippen molar-refractivity contribution in [1.82, 2.24) is 9.80 Å². The number of amides is 2. The second kappa shape index (κ2) is 9.33. The first-order chi connectivity index (χ1) is 13.9.